The molecule has 0 fully saturated rings. The van der Waals surface area contributed by atoms with Crippen LogP contribution < -0.4 is 0 Å². The van der Waals surface area contributed by atoms with Gasteiger partial charge in [0.05, 0.1) is 15.7 Å². The molecular weight excluding hydrogens is 470 g/mol. The highest BCUT2D eigenvalue weighted by Gasteiger charge is 2.33. The third-order valence-corrected chi connectivity index (χ3v) is 9.10. The van der Waals surface area contributed by atoms with Crippen molar-refractivity contribution in [2.24, 2.45) is 5.41 Å². The maximum Gasteiger partial charge on any atom is 0.309 e. The van der Waals surface area contributed by atoms with E-state index in [4.69, 9.17) is 0 Å². The van der Waals surface area contributed by atoms with Gasteiger partial charge in [-0.2, -0.15) is 0 Å². The first kappa shape index (κ1) is 25.6. The average Bonchev–Trinajstić information content (AvgIpc) is 2.83. The lowest BCUT2D eigenvalue weighted by Crippen LogP contribution is -2.28. The van der Waals surface area contributed by atoms with Crippen molar-refractivity contribution in [3.05, 3.63) is 90.1 Å². The van der Waals surface area contributed by atoms with Crippen molar-refractivity contribution in [3.63, 3.8) is 0 Å². The molecule has 0 unspecified atom stereocenters. The van der Waals surface area contributed by atoms with Crippen molar-refractivity contribution in [2.45, 2.75) is 38.9 Å². The van der Waals surface area contributed by atoms with E-state index >= 15 is 0 Å². The fourth-order valence-corrected chi connectivity index (χ4v) is 4.79. The standard InChI is InChI=1S/C30H31NO4S/c1-29(2,28(32)33)19-20-11-13-21(14-12-20)22-8-6-9-23(16-22)26-18-25(30(3,4)36(5,34)35)17-24-10-7-15-31-27(24)26/h6-18H,19H2,1-5H3,(H,32,33). The number of carbonyl (C=O) groups is 1. The number of sulfone groups is 1. The number of fused-ring (bicyclic) bond motifs is 1. The first-order valence-electron chi connectivity index (χ1n) is 11.8. The van der Waals surface area contributed by atoms with Gasteiger partial charge >= 0.3 is 5.97 Å². The van der Waals surface area contributed by atoms with Gasteiger partial charge in [0.25, 0.3) is 0 Å². The molecule has 0 spiro atoms. The second kappa shape index (κ2) is 9.17. The highest BCUT2D eigenvalue weighted by molar-refractivity contribution is 7.91. The zero-order valence-corrected chi connectivity index (χ0v) is 22.1. The Morgan fingerprint density at radius 1 is 0.861 bits per heavy atom. The molecule has 0 bridgehead atoms. The molecule has 0 amide bonds. The number of benzene rings is 3. The number of carboxylic acid groups (broad SMARTS) is 1. The lowest BCUT2D eigenvalue weighted by Gasteiger charge is -2.24. The van der Waals surface area contributed by atoms with Gasteiger partial charge in [-0.15, -0.1) is 0 Å². The van der Waals surface area contributed by atoms with Gasteiger partial charge in [-0.05, 0) is 86.2 Å². The Morgan fingerprint density at radius 3 is 2.17 bits per heavy atom. The van der Waals surface area contributed by atoms with Crippen LogP contribution in [-0.4, -0.2) is 30.7 Å². The molecule has 0 aliphatic rings. The van der Waals surface area contributed by atoms with Crippen LogP contribution in [0.4, 0.5) is 0 Å². The van der Waals surface area contributed by atoms with Crippen LogP contribution in [0.2, 0.25) is 0 Å². The van der Waals surface area contributed by atoms with Crippen molar-refractivity contribution in [1.29, 1.82) is 0 Å². The summed E-state index contributed by atoms with van der Waals surface area (Å²) in [6, 6.07) is 23.7. The molecule has 0 saturated heterocycles. The molecule has 186 valence electrons. The number of aromatic nitrogens is 1. The van der Waals surface area contributed by atoms with Crippen LogP contribution in [-0.2, 0) is 25.8 Å². The minimum absolute atomic E-state index is 0.448. The predicted octanol–water partition coefficient (Wildman–Crippen LogP) is 6.50. The van der Waals surface area contributed by atoms with Crippen molar-refractivity contribution in [2.75, 3.05) is 6.26 Å². The minimum atomic E-state index is -3.35. The Kier molecular flexibility index (Phi) is 6.52. The Hall–Kier alpha value is -3.51. The molecule has 4 aromatic rings. The van der Waals surface area contributed by atoms with Gasteiger partial charge in [0, 0.05) is 23.4 Å². The van der Waals surface area contributed by atoms with E-state index in [1.54, 1.807) is 33.9 Å². The van der Waals surface area contributed by atoms with Gasteiger partial charge in [-0.25, -0.2) is 8.42 Å². The zero-order chi connectivity index (χ0) is 26.3. The van der Waals surface area contributed by atoms with Crippen LogP contribution in [0.1, 0.15) is 38.8 Å². The van der Waals surface area contributed by atoms with Crippen molar-refractivity contribution < 1.29 is 18.3 Å². The summed E-state index contributed by atoms with van der Waals surface area (Å²) >= 11 is 0. The van der Waals surface area contributed by atoms with Crippen molar-refractivity contribution in [3.8, 4) is 22.3 Å². The van der Waals surface area contributed by atoms with E-state index in [0.29, 0.717) is 6.42 Å². The molecule has 0 aliphatic carbocycles. The summed E-state index contributed by atoms with van der Waals surface area (Å²) in [7, 11) is -3.35. The van der Waals surface area contributed by atoms with Crippen LogP contribution >= 0.6 is 0 Å². The normalized spacial score (nSPS) is 12.6. The van der Waals surface area contributed by atoms with Gasteiger partial charge < -0.3 is 5.11 Å². The van der Waals surface area contributed by atoms with Gasteiger partial charge in [-0.1, -0.05) is 48.5 Å². The monoisotopic (exact) mass is 501 g/mol. The Labute approximate surface area is 212 Å². The fourth-order valence-electron chi connectivity index (χ4n) is 4.24. The number of nitrogens with zero attached hydrogens (tertiary/aromatic N) is 1. The summed E-state index contributed by atoms with van der Waals surface area (Å²) in [5, 5.41) is 10.3. The molecule has 1 heterocycles. The average molecular weight is 502 g/mol. The summed E-state index contributed by atoms with van der Waals surface area (Å²) in [4.78, 5) is 16.1. The third-order valence-electron chi connectivity index (χ3n) is 7.01. The van der Waals surface area contributed by atoms with E-state index in [1.807, 2.05) is 66.7 Å². The van der Waals surface area contributed by atoms with Crippen LogP contribution in [0.3, 0.4) is 0 Å². The van der Waals surface area contributed by atoms with Crippen LogP contribution in [0.15, 0.2) is 79.0 Å². The molecule has 0 atom stereocenters. The number of rotatable bonds is 7. The molecule has 4 rings (SSSR count). The smallest absolute Gasteiger partial charge is 0.309 e. The first-order chi connectivity index (χ1) is 16.8. The number of hydrogen-bond donors (Lipinski definition) is 1. The van der Waals surface area contributed by atoms with Crippen molar-refractivity contribution in [1.82, 2.24) is 4.98 Å². The molecule has 5 nitrogen and oxygen atoms in total. The van der Waals surface area contributed by atoms with Crippen molar-refractivity contribution >= 4 is 26.7 Å². The van der Waals surface area contributed by atoms with Gasteiger partial charge in [0.15, 0.2) is 9.84 Å². The largest absolute Gasteiger partial charge is 0.481 e. The summed E-state index contributed by atoms with van der Waals surface area (Å²) in [6.45, 7) is 6.91. The first-order valence-corrected chi connectivity index (χ1v) is 13.7. The Balaban J connectivity index is 1.78. The highest BCUT2D eigenvalue weighted by Crippen LogP contribution is 2.37. The third kappa shape index (κ3) is 4.91. The lowest BCUT2D eigenvalue weighted by atomic mass is 9.85. The Morgan fingerprint density at radius 2 is 1.53 bits per heavy atom. The zero-order valence-electron chi connectivity index (χ0n) is 21.2. The molecule has 6 heteroatoms. The molecule has 0 radical (unpaired) electrons. The van der Waals surface area contributed by atoms with E-state index in [1.165, 1.54) is 6.26 Å². The van der Waals surface area contributed by atoms with E-state index in [-0.39, 0.29) is 0 Å². The SMILES string of the molecule is CC(C)(Cc1ccc(-c2cccc(-c3cc(C(C)(C)S(C)(=O)=O)cc4cccnc34)c2)cc1)C(=O)O. The predicted molar refractivity (Wildman–Crippen MR) is 146 cm³/mol. The Bertz CT molecular complexity index is 1550. The topological polar surface area (TPSA) is 84.3 Å². The maximum absolute atomic E-state index is 12.6. The number of carboxylic acids is 1. The quantitative estimate of drug-likeness (QED) is 0.312. The summed E-state index contributed by atoms with van der Waals surface area (Å²) in [5.41, 5.74) is 5.51. The number of hydrogen-bond acceptors (Lipinski definition) is 4. The summed E-state index contributed by atoms with van der Waals surface area (Å²) in [5.74, 6) is -0.818. The molecule has 0 saturated carbocycles. The van der Waals surface area contributed by atoms with Gasteiger partial charge in [-0.3, -0.25) is 9.78 Å². The molecule has 3 aromatic carbocycles. The van der Waals surface area contributed by atoms with Crippen LogP contribution in [0, 0.1) is 5.41 Å². The van der Waals surface area contributed by atoms with Gasteiger partial charge in [0.1, 0.15) is 0 Å². The number of aliphatic carboxylic acids is 1. The van der Waals surface area contributed by atoms with Crippen LogP contribution in [0.5, 0.6) is 0 Å². The molecule has 1 aromatic heterocycles. The fraction of sp³-hybridized carbons (Fsp3) is 0.267. The molecule has 1 N–H and O–H groups in total. The van der Waals surface area contributed by atoms with E-state index in [0.717, 1.165) is 44.3 Å². The minimum Gasteiger partial charge on any atom is -0.481 e. The van der Waals surface area contributed by atoms with E-state index in [2.05, 4.69) is 11.1 Å². The van der Waals surface area contributed by atoms with E-state index in [9.17, 15) is 18.3 Å². The maximum atomic E-state index is 12.6. The second-order valence-corrected chi connectivity index (χ2v) is 13.1. The second-order valence-electron chi connectivity index (χ2n) is 10.5. The number of pyridine rings is 1. The highest BCUT2D eigenvalue weighted by atomic mass is 32.2. The van der Waals surface area contributed by atoms with Gasteiger partial charge in [0.2, 0.25) is 0 Å². The molecule has 36 heavy (non-hydrogen) atoms. The molecule has 0 aliphatic heterocycles. The van der Waals surface area contributed by atoms with E-state index < -0.39 is 26.0 Å². The summed E-state index contributed by atoms with van der Waals surface area (Å²) < 4.78 is 24.1. The van der Waals surface area contributed by atoms with Crippen LogP contribution in [0.25, 0.3) is 33.2 Å². The lowest BCUT2D eigenvalue weighted by molar-refractivity contribution is -0.146. The summed E-state index contributed by atoms with van der Waals surface area (Å²) in [6.07, 6.45) is 3.46. The molecular formula is C30H31NO4S.